The Labute approximate surface area is 120 Å². The van der Waals surface area contributed by atoms with Crippen LogP contribution in [0.3, 0.4) is 0 Å². The van der Waals surface area contributed by atoms with Crippen LogP contribution in [0.25, 0.3) is 0 Å². The summed E-state index contributed by atoms with van der Waals surface area (Å²) in [5.74, 6) is 1.59. The third-order valence-corrected chi connectivity index (χ3v) is 4.43. The maximum atomic E-state index is 12.7. The molecule has 1 aromatic rings. The first-order valence-electron chi connectivity index (χ1n) is 7.47. The fraction of sp³-hybridized carbons (Fsp3) is 0.562. The molecule has 1 N–H and O–H groups in total. The maximum absolute atomic E-state index is 12.7. The average molecular weight is 274 g/mol. The summed E-state index contributed by atoms with van der Waals surface area (Å²) >= 11 is 0. The Hall–Kier alpha value is -1.55. The number of hydrogen-bond donors (Lipinski definition) is 1. The molecular formula is C16H22N2O2. The molecular weight excluding hydrogens is 252 g/mol. The number of nitrogens with zero attached hydrogens (tertiary/aromatic N) is 1. The Balaban J connectivity index is 1.77. The van der Waals surface area contributed by atoms with Crippen LogP contribution in [0.1, 0.15) is 30.6 Å². The second kappa shape index (κ2) is 5.44. The lowest BCUT2D eigenvalue weighted by Gasteiger charge is -2.27. The molecule has 4 nitrogen and oxygen atoms in total. The highest BCUT2D eigenvalue weighted by Crippen LogP contribution is 2.33. The number of rotatable bonds is 3. The van der Waals surface area contributed by atoms with Crippen LogP contribution in [0, 0.1) is 5.92 Å². The molecule has 4 heteroatoms. The molecule has 2 aliphatic heterocycles. The van der Waals surface area contributed by atoms with Crippen molar-refractivity contribution < 1.29 is 9.53 Å². The number of carbonyl (C=O) groups excluding carboxylic acids is 1. The number of likely N-dealkylation sites (tertiary alicyclic amines) is 1. The SMILES string of the molecule is CCOc1ccc(C(=O)N2C(C)CC3CNCC32)cc1. The van der Waals surface area contributed by atoms with Crippen molar-refractivity contribution in [2.45, 2.75) is 32.4 Å². The minimum Gasteiger partial charge on any atom is -0.494 e. The third kappa shape index (κ3) is 2.29. The van der Waals surface area contributed by atoms with Crippen LogP contribution in [0.5, 0.6) is 5.75 Å². The van der Waals surface area contributed by atoms with E-state index >= 15 is 0 Å². The number of ether oxygens (including phenoxy) is 1. The van der Waals surface area contributed by atoms with Crippen molar-refractivity contribution in [3.63, 3.8) is 0 Å². The Kier molecular flexibility index (Phi) is 3.66. The van der Waals surface area contributed by atoms with E-state index in [-0.39, 0.29) is 5.91 Å². The number of hydrogen-bond acceptors (Lipinski definition) is 3. The van der Waals surface area contributed by atoms with Crippen LogP contribution in [0.2, 0.25) is 0 Å². The Morgan fingerprint density at radius 1 is 1.35 bits per heavy atom. The van der Waals surface area contributed by atoms with Crippen LogP contribution in [-0.2, 0) is 0 Å². The lowest BCUT2D eigenvalue weighted by atomic mass is 10.0. The molecule has 0 bridgehead atoms. The van der Waals surface area contributed by atoms with Gasteiger partial charge in [0.15, 0.2) is 0 Å². The first-order valence-corrected chi connectivity index (χ1v) is 7.47. The summed E-state index contributed by atoms with van der Waals surface area (Å²) in [5.41, 5.74) is 0.757. The van der Waals surface area contributed by atoms with Crippen LogP contribution in [0.15, 0.2) is 24.3 Å². The lowest BCUT2D eigenvalue weighted by molar-refractivity contribution is 0.0682. The molecule has 3 atom stereocenters. The number of amides is 1. The van der Waals surface area contributed by atoms with E-state index in [0.717, 1.165) is 30.8 Å². The van der Waals surface area contributed by atoms with Crippen molar-refractivity contribution in [3.05, 3.63) is 29.8 Å². The van der Waals surface area contributed by atoms with E-state index in [2.05, 4.69) is 17.1 Å². The molecule has 108 valence electrons. The van der Waals surface area contributed by atoms with Gasteiger partial charge in [-0.2, -0.15) is 0 Å². The quantitative estimate of drug-likeness (QED) is 0.915. The average Bonchev–Trinajstić information content (AvgIpc) is 2.99. The second-order valence-corrected chi connectivity index (χ2v) is 5.74. The molecule has 20 heavy (non-hydrogen) atoms. The van der Waals surface area contributed by atoms with Gasteiger partial charge < -0.3 is 15.0 Å². The number of fused-ring (bicyclic) bond motifs is 1. The minimum atomic E-state index is 0.150. The van der Waals surface area contributed by atoms with Gasteiger partial charge in [-0.25, -0.2) is 0 Å². The predicted molar refractivity (Wildman–Crippen MR) is 78.0 cm³/mol. The molecule has 0 spiro atoms. The molecule has 2 saturated heterocycles. The van der Waals surface area contributed by atoms with Crippen molar-refractivity contribution in [1.29, 1.82) is 0 Å². The Morgan fingerprint density at radius 2 is 2.10 bits per heavy atom. The van der Waals surface area contributed by atoms with Crippen molar-refractivity contribution in [1.82, 2.24) is 10.2 Å². The monoisotopic (exact) mass is 274 g/mol. The van der Waals surface area contributed by atoms with Crippen LogP contribution in [0.4, 0.5) is 0 Å². The zero-order valence-corrected chi connectivity index (χ0v) is 12.1. The largest absolute Gasteiger partial charge is 0.494 e. The van der Waals surface area contributed by atoms with E-state index in [1.54, 1.807) is 0 Å². The van der Waals surface area contributed by atoms with Gasteiger partial charge in [0.25, 0.3) is 5.91 Å². The van der Waals surface area contributed by atoms with E-state index in [4.69, 9.17) is 4.74 Å². The van der Waals surface area contributed by atoms with Gasteiger partial charge in [-0.15, -0.1) is 0 Å². The summed E-state index contributed by atoms with van der Waals surface area (Å²) in [6.07, 6.45) is 1.11. The van der Waals surface area contributed by atoms with E-state index in [1.807, 2.05) is 31.2 Å². The van der Waals surface area contributed by atoms with E-state index in [0.29, 0.717) is 24.6 Å². The van der Waals surface area contributed by atoms with E-state index < -0.39 is 0 Å². The molecule has 0 saturated carbocycles. The van der Waals surface area contributed by atoms with Crippen molar-refractivity contribution >= 4 is 5.91 Å². The molecule has 2 fully saturated rings. The third-order valence-electron chi connectivity index (χ3n) is 4.43. The summed E-state index contributed by atoms with van der Waals surface area (Å²) in [5, 5.41) is 3.39. The molecule has 0 aliphatic carbocycles. The predicted octanol–water partition coefficient (Wildman–Crippen LogP) is 1.91. The van der Waals surface area contributed by atoms with Crippen LogP contribution < -0.4 is 10.1 Å². The number of benzene rings is 1. The summed E-state index contributed by atoms with van der Waals surface area (Å²) in [6, 6.07) is 8.20. The second-order valence-electron chi connectivity index (χ2n) is 5.74. The first kappa shape index (κ1) is 13.4. The maximum Gasteiger partial charge on any atom is 0.254 e. The minimum absolute atomic E-state index is 0.150. The summed E-state index contributed by atoms with van der Waals surface area (Å²) in [4.78, 5) is 14.8. The molecule has 1 aromatic carbocycles. The zero-order valence-electron chi connectivity index (χ0n) is 12.1. The fourth-order valence-corrected chi connectivity index (χ4v) is 3.52. The highest BCUT2D eigenvalue weighted by atomic mass is 16.5. The van der Waals surface area contributed by atoms with Gasteiger partial charge in [0.05, 0.1) is 6.61 Å². The molecule has 0 radical (unpaired) electrons. The van der Waals surface area contributed by atoms with E-state index in [9.17, 15) is 4.79 Å². The lowest BCUT2D eigenvalue weighted by Crippen LogP contribution is -2.42. The smallest absolute Gasteiger partial charge is 0.254 e. The summed E-state index contributed by atoms with van der Waals surface area (Å²) in [7, 11) is 0. The molecule has 3 unspecified atom stereocenters. The highest BCUT2D eigenvalue weighted by Gasteiger charge is 2.44. The first-order chi connectivity index (χ1) is 9.70. The van der Waals surface area contributed by atoms with Crippen molar-refractivity contribution in [2.75, 3.05) is 19.7 Å². The van der Waals surface area contributed by atoms with Gasteiger partial charge in [-0.3, -0.25) is 4.79 Å². The molecule has 3 rings (SSSR count). The molecule has 0 aromatic heterocycles. The normalized spacial score (nSPS) is 28.5. The van der Waals surface area contributed by atoms with Crippen LogP contribution in [-0.4, -0.2) is 42.6 Å². The van der Waals surface area contributed by atoms with Gasteiger partial charge in [0.1, 0.15) is 5.75 Å². The molecule has 2 aliphatic rings. The number of carbonyl (C=O) groups is 1. The van der Waals surface area contributed by atoms with Crippen molar-refractivity contribution in [3.8, 4) is 5.75 Å². The molecule has 1 amide bonds. The van der Waals surface area contributed by atoms with Gasteiger partial charge in [-0.1, -0.05) is 0 Å². The fourth-order valence-electron chi connectivity index (χ4n) is 3.52. The van der Waals surface area contributed by atoms with Gasteiger partial charge in [0.2, 0.25) is 0 Å². The topological polar surface area (TPSA) is 41.6 Å². The standard InChI is InChI=1S/C16H22N2O2/c1-3-20-14-6-4-12(5-7-14)16(19)18-11(2)8-13-9-17-10-15(13)18/h4-7,11,13,15,17H,3,8-10H2,1-2H3. The number of nitrogens with one attached hydrogen (secondary N) is 1. The zero-order chi connectivity index (χ0) is 14.1. The summed E-state index contributed by atoms with van der Waals surface area (Å²) < 4.78 is 5.42. The van der Waals surface area contributed by atoms with Gasteiger partial charge in [-0.05, 0) is 50.5 Å². The Bertz CT molecular complexity index is 486. The Morgan fingerprint density at radius 3 is 2.80 bits per heavy atom. The summed E-state index contributed by atoms with van der Waals surface area (Å²) in [6.45, 7) is 6.73. The highest BCUT2D eigenvalue weighted by molar-refractivity contribution is 5.95. The van der Waals surface area contributed by atoms with Gasteiger partial charge in [0, 0.05) is 30.7 Å². The molecule has 2 heterocycles. The van der Waals surface area contributed by atoms with Crippen molar-refractivity contribution in [2.24, 2.45) is 5.92 Å². The van der Waals surface area contributed by atoms with Gasteiger partial charge >= 0.3 is 0 Å². The van der Waals surface area contributed by atoms with Crippen LogP contribution >= 0.6 is 0 Å². The van der Waals surface area contributed by atoms with E-state index in [1.165, 1.54) is 0 Å².